The maximum Gasteiger partial charge on any atom is 0.189 e. The van der Waals surface area contributed by atoms with Crippen molar-refractivity contribution in [1.82, 2.24) is 0 Å². The molecular weight excluding hydrogens is 196 g/mol. The largest absolute Gasteiger partial charge is 0.497 e. The van der Waals surface area contributed by atoms with Gasteiger partial charge in [0.2, 0.25) is 0 Å². The number of hydrogen-bond donors (Lipinski definition) is 2. The second kappa shape index (κ2) is 3.18. The van der Waals surface area contributed by atoms with Crippen LogP contribution in [0, 0.1) is 5.92 Å². The summed E-state index contributed by atoms with van der Waals surface area (Å²) in [6, 6.07) is 0. The lowest BCUT2D eigenvalue weighted by molar-refractivity contribution is -0.150. The van der Waals surface area contributed by atoms with E-state index in [1.807, 2.05) is 0 Å². The summed E-state index contributed by atoms with van der Waals surface area (Å²) in [5, 5.41) is 19.7. The van der Waals surface area contributed by atoms with E-state index in [1.54, 1.807) is 13.0 Å². The fraction of sp³-hybridized carbons (Fsp3) is 0.545. The molecule has 0 aromatic heterocycles. The lowest BCUT2D eigenvalue weighted by Crippen LogP contribution is -2.54. The molecule has 0 saturated heterocycles. The van der Waals surface area contributed by atoms with E-state index in [4.69, 9.17) is 4.74 Å². The zero-order valence-electron chi connectivity index (χ0n) is 8.73. The highest BCUT2D eigenvalue weighted by Crippen LogP contribution is 2.34. The first-order chi connectivity index (χ1) is 6.93. The summed E-state index contributed by atoms with van der Waals surface area (Å²) in [7, 11) is 0. The quantitative estimate of drug-likeness (QED) is 0.597. The fourth-order valence-corrected chi connectivity index (χ4v) is 1.96. The van der Waals surface area contributed by atoms with Crippen LogP contribution in [0.3, 0.4) is 0 Å². The number of hydrogen-bond acceptors (Lipinski definition) is 4. The van der Waals surface area contributed by atoms with Crippen LogP contribution in [0.1, 0.15) is 13.8 Å². The molecule has 0 aromatic rings. The van der Waals surface area contributed by atoms with Crippen molar-refractivity contribution in [2.75, 3.05) is 6.61 Å². The molecule has 0 amide bonds. The highest BCUT2D eigenvalue weighted by molar-refractivity contribution is 5.99. The van der Waals surface area contributed by atoms with Crippen LogP contribution in [-0.2, 0) is 9.53 Å². The van der Waals surface area contributed by atoms with E-state index in [2.05, 4.69) is 0 Å². The number of fused-ring (bicyclic) bond motifs is 1. The maximum absolute atomic E-state index is 11.5. The minimum Gasteiger partial charge on any atom is -0.497 e. The first-order valence-electron chi connectivity index (χ1n) is 4.90. The Morgan fingerprint density at radius 1 is 1.53 bits per heavy atom. The second-order valence-electron chi connectivity index (χ2n) is 4.27. The standard InChI is InChI=1S/C11H14O4/c1-6-3-7-4-9(12)11(2,14)10(13)8(7)5-15-6/h3-4,8,10,13-14H,5H2,1-2H3/t8-,10+,11+/m1/s1. The summed E-state index contributed by atoms with van der Waals surface area (Å²) in [6.45, 7) is 3.43. The van der Waals surface area contributed by atoms with E-state index in [1.165, 1.54) is 13.0 Å². The van der Waals surface area contributed by atoms with Crippen molar-refractivity contribution in [3.8, 4) is 0 Å². The third-order valence-electron chi connectivity index (χ3n) is 3.04. The highest BCUT2D eigenvalue weighted by atomic mass is 16.5. The van der Waals surface area contributed by atoms with Crippen molar-refractivity contribution >= 4 is 5.78 Å². The molecule has 0 unspecified atom stereocenters. The van der Waals surface area contributed by atoms with Gasteiger partial charge < -0.3 is 14.9 Å². The van der Waals surface area contributed by atoms with Gasteiger partial charge in [0.05, 0.1) is 18.5 Å². The Balaban J connectivity index is 2.44. The normalized spacial score (nSPS) is 40.1. The number of carbonyl (C=O) groups excluding carboxylic acids is 1. The van der Waals surface area contributed by atoms with Gasteiger partial charge in [-0.3, -0.25) is 4.79 Å². The smallest absolute Gasteiger partial charge is 0.189 e. The summed E-state index contributed by atoms with van der Waals surface area (Å²) in [6.07, 6.45) is 2.02. The Hall–Kier alpha value is -1.13. The van der Waals surface area contributed by atoms with Gasteiger partial charge in [0, 0.05) is 5.92 Å². The molecule has 15 heavy (non-hydrogen) atoms. The molecule has 1 aliphatic heterocycles. The summed E-state index contributed by atoms with van der Waals surface area (Å²) in [5.74, 6) is -0.0485. The fourth-order valence-electron chi connectivity index (χ4n) is 1.96. The molecule has 1 aliphatic carbocycles. The van der Waals surface area contributed by atoms with Gasteiger partial charge >= 0.3 is 0 Å². The highest BCUT2D eigenvalue weighted by Gasteiger charge is 2.47. The van der Waals surface area contributed by atoms with Crippen LogP contribution < -0.4 is 0 Å². The number of ketones is 1. The zero-order valence-corrected chi connectivity index (χ0v) is 8.73. The van der Waals surface area contributed by atoms with Crippen LogP contribution in [0.5, 0.6) is 0 Å². The number of ether oxygens (including phenoxy) is 1. The molecule has 0 aromatic carbocycles. The number of rotatable bonds is 0. The van der Waals surface area contributed by atoms with Crippen molar-refractivity contribution in [3.05, 3.63) is 23.5 Å². The van der Waals surface area contributed by atoms with E-state index in [0.29, 0.717) is 6.61 Å². The maximum atomic E-state index is 11.5. The molecule has 1 heterocycles. The minimum absolute atomic E-state index is 0.304. The molecule has 2 rings (SSSR count). The molecule has 0 radical (unpaired) electrons. The van der Waals surface area contributed by atoms with Gasteiger partial charge in [-0.15, -0.1) is 0 Å². The van der Waals surface area contributed by atoms with Crippen molar-refractivity contribution < 1.29 is 19.7 Å². The average Bonchev–Trinajstić information content (AvgIpc) is 2.15. The lowest BCUT2D eigenvalue weighted by atomic mass is 9.75. The van der Waals surface area contributed by atoms with E-state index < -0.39 is 17.5 Å². The van der Waals surface area contributed by atoms with Crippen LogP contribution in [0.15, 0.2) is 23.5 Å². The van der Waals surface area contributed by atoms with Gasteiger partial charge in [0.1, 0.15) is 0 Å². The number of allylic oxidation sites excluding steroid dienone is 2. The van der Waals surface area contributed by atoms with Gasteiger partial charge in [0.25, 0.3) is 0 Å². The number of aliphatic hydroxyl groups is 2. The van der Waals surface area contributed by atoms with Gasteiger partial charge in [-0.25, -0.2) is 0 Å². The van der Waals surface area contributed by atoms with E-state index in [9.17, 15) is 15.0 Å². The molecule has 4 nitrogen and oxygen atoms in total. The van der Waals surface area contributed by atoms with E-state index >= 15 is 0 Å². The van der Waals surface area contributed by atoms with Crippen molar-refractivity contribution in [3.63, 3.8) is 0 Å². The predicted molar refractivity (Wildman–Crippen MR) is 52.9 cm³/mol. The second-order valence-corrected chi connectivity index (χ2v) is 4.27. The van der Waals surface area contributed by atoms with Crippen molar-refractivity contribution in [2.45, 2.75) is 25.6 Å². The third kappa shape index (κ3) is 1.50. The Kier molecular flexibility index (Phi) is 2.20. The zero-order chi connectivity index (χ0) is 11.2. The van der Waals surface area contributed by atoms with Crippen LogP contribution in [0.4, 0.5) is 0 Å². The van der Waals surface area contributed by atoms with Gasteiger partial charge in [-0.05, 0) is 31.6 Å². The summed E-state index contributed by atoms with van der Waals surface area (Å²) < 4.78 is 5.28. The monoisotopic (exact) mass is 210 g/mol. The van der Waals surface area contributed by atoms with E-state index in [-0.39, 0.29) is 5.92 Å². The Bertz CT molecular complexity index is 365. The van der Waals surface area contributed by atoms with Crippen LogP contribution >= 0.6 is 0 Å². The molecule has 0 fully saturated rings. The molecule has 2 aliphatic rings. The molecule has 2 N–H and O–H groups in total. The summed E-state index contributed by atoms with van der Waals surface area (Å²) in [4.78, 5) is 11.5. The molecule has 3 atom stereocenters. The van der Waals surface area contributed by atoms with Crippen LogP contribution in [0.25, 0.3) is 0 Å². The van der Waals surface area contributed by atoms with Crippen LogP contribution in [-0.4, -0.2) is 34.3 Å². The number of aliphatic hydroxyl groups excluding tert-OH is 1. The Morgan fingerprint density at radius 3 is 2.87 bits per heavy atom. The molecule has 0 bridgehead atoms. The first kappa shape index (κ1) is 10.4. The van der Waals surface area contributed by atoms with Crippen molar-refractivity contribution in [2.24, 2.45) is 5.92 Å². The molecular formula is C11H14O4. The molecule has 82 valence electrons. The Morgan fingerprint density at radius 2 is 2.20 bits per heavy atom. The third-order valence-corrected chi connectivity index (χ3v) is 3.04. The summed E-state index contributed by atoms with van der Waals surface area (Å²) in [5.41, 5.74) is -0.959. The van der Waals surface area contributed by atoms with Gasteiger partial charge in [-0.2, -0.15) is 0 Å². The number of carbonyl (C=O) groups is 1. The minimum atomic E-state index is -1.70. The lowest BCUT2D eigenvalue weighted by Gasteiger charge is -2.39. The first-order valence-corrected chi connectivity index (χ1v) is 4.90. The topological polar surface area (TPSA) is 66.8 Å². The van der Waals surface area contributed by atoms with Crippen molar-refractivity contribution in [1.29, 1.82) is 0 Å². The van der Waals surface area contributed by atoms with E-state index in [0.717, 1.165) is 11.3 Å². The molecule has 4 heteroatoms. The van der Waals surface area contributed by atoms with Gasteiger partial charge in [-0.1, -0.05) is 0 Å². The van der Waals surface area contributed by atoms with Gasteiger partial charge in [0.15, 0.2) is 11.4 Å². The molecule has 0 spiro atoms. The average molecular weight is 210 g/mol. The van der Waals surface area contributed by atoms with Crippen LogP contribution in [0.2, 0.25) is 0 Å². The summed E-state index contributed by atoms with van der Waals surface area (Å²) >= 11 is 0. The Labute approximate surface area is 87.9 Å². The molecule has 0 saturated carbocycles. The predicted octanol–water partition coefficient (Wildman–Crippen LogP) is 0.158. The SMILES string of the molecule is CC1=CC2=CC(=O)[C@](C)(O)[C@@H](O)[C@@H]2CO1.